The molecule has 0 bridgehead atoms. The van der Waals surface area contributed by atoms with E-state index in [0.29, 0.717) is 19.4 Å². The van der Waals surface area contributed by atoms with E-state index in [-0.39, 0.29) is 17.9 Å². The number of hydrogen-bond acceptors (Lipinski definition) is 3. The smallest absolute Gasteiger partial charge is 0.242 e. The van der Waals surface area contributed by atoms with Gasteiger partial charge in [-0.15, -0.1) is 0 Å². The van der Waals surface area contributed by atoms with Gasteiger partial charge in [0.2, 0.25) is 11.8 Å². The molecule has 1 aliphatic carbocycles. The van der Waals surface area contributed by atoms with Crippen LogP contribution in [0.2, 0.25) is 0 Å². The van der Waals surface area contributed by atoms with Gasteiger partial charge in [0.1, 0.15) is 11.8 Å². The van der Waals surface area contributed by atoms with Gasteiger partial charge in [-0.05, 0) is 60.2 Å². The highest BCUT2D eigenvalue weighted by molar-refractivity contribution is 5.89. The standard InChI is InChI=1S/C29H34N2O3/c1-21(29(33)30-25-13-4-5-14-25)31(20-22-9-7-15-26(19-22)34-2)28(32)18-17-24-12-8-11-23-10-3-6-16-27(23)24/h3,6-12,15-16,19,21,25H,4-5,13-14,17-18,20H2,1-2H3,(H,30,33)/t21-/m0/s1. The van der Waals surface area contributed by atoms with Crippen molar-refractivity contribution >= 4 is 22.6 Å². The molecule has 0 spiro atoms. The van der Waals surface area contributed by atoms with Crippen LogP contribution in [0.15, 0.2) is 66.7 Å². The van der Waals surface area contributed by atoms with E-state index in [4.69, 9.17) is 4.74 Å². The van der Waals surface area contributed by atoms with Crippen LogP contribution in [0.1, 0.15) is 50.2 Å². The lowest BCUT2D eigenvalue weighted by Crippen LogP contribution is -2.49. The van der Waals surface area contributed by atoms with E-state index in [1.165, 1.54) is 10.8 Å². The third kappa shape index (κ3) is 5.77. The molecule has 3 aromatic carbocycles. The van der Waals surface area contributed by atoms with E-state index in [2.05, 4.69) is 29.6 Å². The number of ether oxygens (including phenoxy) is 1. The average Bonchev–Trinajstić information content (AvgIpc) is 3.38. The number of nitrogens with zero attached hydrogens (tertiary/aromatic N) is 1. The van der Waals surface area contributed by atoms with Gasteiger partial charge in [0.05, 0.1) is 7.11 Å². The second-order valence-corrected chi connectivity index (χ2v) is 9.18. The lowest BCUT2D eigenvalue weighted by atomic mass is 10.0. The van der Waals surface area contributed by atoms with Crippen molar-refractivity contribution in [1.29, 1.82) is 0 Å². The van der Waals surface area contributed by atoms with Crippen molar-refractivity contribution in [3.05, 3.63) is 77.9 Å². The Morgan fingerprint density at radius 2 is 1.76 bits per heavy atom. The summed E-state index contributed by atoms with van der Waals surface area (Å²) >= 11 is 0. The van der Waals surface area contributed by atoms with Crippen LogP contribution in [0.5, 0.6) is 5.75 Å². The highest BCUT2D eigenvalue weighted by Gasteiger charge is 2.28. The lowest BCUT2D eigenvalue weighted by Gasteiger charge is -2.30. The molecule has 1 atom stereocenters. The Morgan fingerprint density at radius 1 is 1.03 bits per heavy atom. The Bertz CT molecular complexity index is 1130. The van der Waals surface area contributed by atoms with Gasteiger partial charge in [0.15, 0.2) is 0 Å². The molecule has 0 aliphatic heterocycles. The lowest BCUT2D eigenvalue weighted by molar-refractivity contribution is -0.140. The zero-order valence-electron chi connectivity index (χ0n) is 20.1. The largest absolute Gasteiger partial charge is 0.497 e. The van der Waals surface area contributed by atoms with Crippen molar-refractivity contribution < 1.29 is 14.3 Å². The summed E-state index contributed by atoms with van der Waals surface area (Å²) in [6.07, 6.45) is 5.31. The second-order valence-electron chi connectivity index (χ2n) is 9.18. The Morgan fingerprint density at radius 3 is 2.56 bits per heavy atom. The Labute approximate surface area is 202 Å². The number of nitrogens with one attached hydrogen (secondary N) is 1. The van der Waals surface area contributed by atoms with Crippen LogP contribution < -0.4 is 10.1 Å². The van der Waals surface area contributed by atoms with Gasteiger partial charge < -0.3 is 15.0 Å². The molecule has 0 saturated heterocycles. The minimum atomic E-state index is -0.549. The number of rotatable bonds is 9. The summed E-state index contributed by atoms with van der Waals surface area (Å²) in [7, 11) is 1.63. The first-order valence-corrected chi connectivity index (χ1v) is 12.2. The van der Waals surface area contributed by atoms with Crippen molar-refractivity contribution in [3.63, 3.8) is 0 Å². The maximum atomic E-state index is 13.5. The molecule has 0 aromatic heterocycles. The van der Waals surface area contributed by atoms with E-state index in [1.54, 1.807) is 12.0 Å². The molecule has 4 rings (SSSR count). The number of carbonyl (C=O) groups is 2. The molecule has 1 fully saturated rings. The molecule has 1 aliphatic rings. The molecule has 2 amide bonds. The van der Waals surface area contributed by atoms with E-state index in [9.17, 15) is 9.59 Å². The highest BCUT2D eigenvalue weighted by Crippen LogP contribution is 2.22. The molecule has 0 heterocycles. The fraction of sp³-hybridized carbons (Fsp3) is 0.379. The summed E-state index contributed by atoms with van der Waals surface area (Å²) in [5.41, 5.74) is 2.09. The SMILES string of the molecule is COc1cccc(CN(C(=O)CCc2cccc3ccccc23)[C@@H](C)C(=O)NC2CCCC2)c1. The van der Waals surface area contributed by atoms with Gasteiger partial charge in [-0.1, -0.05) is 67.4 Å². The Hall–Kier alpha value is -3.34. The molecule has 0 unspecified atom stereocenters. The summed E-state index contributed by atoms with van der Waals surface area (Å²) in [6.45, 7) is 2.20. The predicted molar refractivity (Wildman–Crippen MR) is 136 cm³/mol. The maximum Gasteiger partial charge on any atom is 0.242 e. The van der Waals surface area contributed by atoms with Gasteiger partial charge in [-0.25, -0.2) is 0 Å². The molecule has 0 radical (unpaired) electrons. The second kappa shape index (κ2) is 11.2. The van der Waals surface area contributed by atoms with E-state index in [0.717, 1.165) is 42.6 Å². The number of carbonyl (C=O) groups excluding carboxylic acids is 2. The molecule has 5 heteroatoms. The van der Waals surface area contributed by atoms with Crippen molar-refractivity contribution in [2.75, 3.05) is 7.11 Å². The van der Waals surface area contributed by atoms with Crippen molar-refractivity contribution in [2.45, 2.75) is 64.1 Å². The van der Waals surface area contributed by atoms with Crippen LogP contribution in [-0.2, 0) is 22.6 Å². The molecule has 34 heavy (non-hydrogen) atoms. The molecule has 5 nitrogen and oxygen atoms in total. The van der Waals surface area contributed by atoms with Crippen LogP contribution in [-0.4, -0.2) is 35.9 Å². The molecule has 3 aromatic rings. The fourth-order valence-electron chi connectivity index (χ4n) is 4.84. The maximum absolute atomic E-state index is 13.5. The number of amides is 2. The van der Waals surface area contributed by atoms with Crippen molar-refractivity contribution in [1.82, 2.24) is 10.2 Å². The van der Waals surface area contributed by atoms with Crippen LogP contribution in [0.3, 0.4) is 0 Å². The molecular formula is C29H34N2O3. The third-order valence-electron chi connectivity index (χ3n) is 6.84. The van der Waals surface area contributed by atoms with Gasteiger partial charge in [0.25, 0.3) is 0 Å². The van der Waals surface area contributed by atoms with Crippen LogP contribution in [0.25, 0.3) is 10.8 Å². The first kappa shape index (κ1) is 23.8. The predicted octanol–water partition coefficient (Wildman–Crippen LogP) is 5.26. The monoisotopic (exact) mass is 458 g/mol. The topological polar surface area (TPSA) is 58.6 Å². The van der Waals surface area contributed by atoms with E-state index >= 15 is 0 Å². The molecule has 178 valence electrons. The number of benzene rings is 3. The molecule has 1 N–H and O–H groups in total. The zero-order valence-corrected chi connectivity index (χ0v) is 20.1. The zero-order chi connectivity index (χ0) is 23.9. The first-order chi connectivity index (χ1) is 16.5. The van der Waals surface area contributed by atoms with E-state index < -0.39 is 6.04 Å². The van der Waals surface area contributed by atoms with Crippen molar-refractivity contribution in [3.8, 4) is 5.75 Å². The minimum absolute atomic E-state index is 0.0233. The summed E-state index contributed by atoms with van der Waals surface area (Å²) in [4.78, 5) is 28.3. The summed E-state index contributed by atoms with van der Waals surface area (Å²) < 4.78 is 5.36. The fourth-order valence-corrected chi connectivity index (χ4v) is 4.84. The van der Waals surface area contributed by atoms with Gasteiger partial charge in [-0.2, -0.15) is 0 Å². The summed E-state index contributed by atoms with van der Waals surface area (Å²) in [5.74, 6) is 0.641. The quantitative estimate of drug-likeness (QED) is 0.476. The summed E-state index contributed by atoms with van der Waals surface area (Å²) in [5, 5.41) is 5.50. The van der Waals surface area contributed by atoms with Crippen molar-refractivity contribution in [2.24, 2.45) is 0 Å². The van der Waals surface area contributed by atoms with E-state index in [1.807, 2.05) is 49.4 Å². The van der Waals surface area contributed by atoms with Crippen LogP contribution in [0, 0.1) is 0 Å². The van der Waals surface area contributed by atoms with Gasteiger partial charge in [-0.3, -0.25) is 9.59 Å². The highest BCUT2D eigenvalue weighted by atomic mass is 16.5. The summed E-state index contributed by atoms with van der Waals surface area (Å²) in [6, 6.07) is 21.8. The number of methoxy groups -OCH3 is 1. The molecular weight excluding hydrogens is 424 g/mol. The first-order valence-electron chi connectivity index (χ1n) is 12.2. The number of fused-ring (bicyclic) bond motifs is 1. The van der Waals surface area contributed by atoms with Gasteiger partial charge >= 0.3 is 0 Å². The average molecular weight is 459 g/mol. The van der Waals surface area contributed by atoms with Crippen LogP contribution in [0.4, 0.5) is 0 Å². The normalized spacial score (nSPS) is 14.6. The number of aryl methyl sites for hydroxylation is 1. The minimum Gasteiger partial charge on any atom is -0.497 e. The Kier molecular flexibility index (Phi) is 7.84. The third-order valence-corrected chi connectivity index (χ3v) is 6.84. The van der Waals surface area contributed by atoms with Gasteiger partial charge in [0, 0.05) is 19.0 Å². The number of hydrogen-bond donors (Lipinski definition) is 1. The molecule has 1 saturated carbocycles. The van der Waals surface area contributed by atoms with Crippen LogP contribution >= 0.6 is 0 Å². The Balaban J connectivity index is 1.51.